The van der Waals surface area contributed by atoms with E-state index in [9.17, 15) is 4.79 Å². The summed E-state index contributed by atoms with van der Waals surface area (Å²) < 4.78 is 21.8. The van der Waals surface area contributed by atoms with Crippen molar-refractivity contribution in [2.45, 2.75) is 98.0 Å². The van der Waals surface area contributed by atoms with E-state index in [1.165, 1.54) is 51.4 Å². The zero-order valence-electron chi connectivity index (χ0n) is 19.0. The van der Waals surface area contributed by atoms with Gasteiger partial charge in [-0.15, -0.1) is 0 Å². The molecule has 0 aromatic rings. The number of rotatable bonds is 21. The third-order valence-corrected chi connectivity index (χ3v) is 4.63. The van der Waals surface area contributed by atoms with Crippen LogP contribution in [0.25, 0.3) is 0 Å². The Morgan fingerprint density at radius 3 is 2.07 bits per heavy atom. The van der Waals surface area contributed by atoms with Crippen LogP contribution in [-0.4, -0.2) is 51.7 Å². The minimum Gasteiger partial charge on any atom is -0.465 e. The molecule has 0 aliphatic rings. The molecule has 0 aromatic heterocycles. The average molecular weight is 403 g/mol. The number of ether oxygens (including phenoxy) is 4. The summed E-state index contributed by atoms with van der Waals surface area (Å²) in [5.41, 5.74) is 0. The molecule has 1 unspecified atom stereocenters. The first-order valence-corrected chi connectivity index (χ1v) is 11.5. The molecule has 0 rings (SSSR count). The van der Waals surface area contributed by atoms with Crippen LogP contribution in [0.3, 0.4) is 0 Å². The van der Waals surface area contributed by atoms with Crippen LogP contribution in [-0.2, 0) is 23.7 Å². The van der Waals surface area contributed by atoms with Gasteiger partial charge in [0.15, 0.2) is 0 Å². The Balaban J connectivity index is 3.60. The Kier molecular flexibility index (Phi) is 20.6. The van der Waals surface area contributed by atoms with E-state index < -0.39 is 0 Å². The van der Waals surface area contributed by atoms with Gasteiger partial charge < -0.3 is 18.9 Å². The summed E-state index contributed by atoms with van der Waals surface area (Å²) >= 11 is 0. The van der Waals surface area contributed by atoms with Crippen LogP contribution in [0, 0.1) is 5.92 Å². The summed E-state index contributed by atoms with van der Waals surface area (Å²) in [7, 11) is 0. The molecule has 0 aromatic carbocycles. The number of carbonyl (C=O) groups is 1. The maximum absolute atomic E-state index is 11.9. The van der Waals surface area contributed by atoms with Gasteiger partial charge in [-0.25, -0.2) is 0 Å². The molecule has 0 aliphatic heterocycles. The van der Waals surface area contributed by atoms with Gasteiger partial charge in [0.25, 0.3) is 0 Å². The number of hydrogen-bond donors (Lipinski definition) is 0. The van der Waals surface area contributed by atoms with Gasteiger partial charge in [-0.05, 0) is 39.0 Å². The van der Waals surface area contributed by atoms with Crippen LogP contribution in [0.5, 0.6) is 0 Å². The monoisotopic (exact) mass is 402 g/mol. The maximum atomic E-state index is 11.9. The minimum atomic E-state index is -0.0965. The topological polar surface area (TPSA) is 54.0 Å². The fraction of sp³-hybridized carbons (Fsp3) is 0.957. The van der Waals surface area contributed by atoms with Crippen molar-refractivity contribution in [1.82, 2.24) is 0 Å². The van der Waals surface area contributed by atoms with Crippen molar-refractivity contribution in [3.05, 3.63) is 0 Å². The molecular formula is C23H46O5. The fourth-order valence-electron chi connectivity index (χ4n) is 2.93. The van der Waals surface area contributed by atoms with E-state index in [4.69, 9.17) is 18.9 Å². The normalized spacial score (nSPS) is 12.5. The lowest BCUT2D eigenvalue weighted by atomic mass is 9.96. The smallest absolute Gasteiger partial charge is 0.305 e. The number of unbranched alkanes of at least 4 members (excludes halogenated alkanes) is 4. The van der Waals surface area contributed by atoms with Crippen molar-refractivity contribution in [1.29, 1.82) is 0 Å². The van der Waals surface area contributed by atoms with Crippen LogP contribution >= 0.6 is 0 Å². The van der Waals surface area contributed by atoms with Gasteiger partial charge in [0.1, 0.15) is 0 Å². The summed E-state index contributed by atoms with van der Waals surface area (Å²) in [5.74, 6) is 0.426. The standard InChI is InChI=1S/C23H46O5/c1-5-7-9-10-13-22(12-8-6-2)20-28-23(24)14-11-15-25-16-17-26-18-19-27-21(3)4/h21-22H,5-20H2,1-4H3. The second kappa shape index (κ2) is 21.1. The zero-order chi connectivity index (χ0) is 20.9. The molecule has 0 saturated carbocycles. The highest BCUT2D eigenvalue weighted by Gasteiger charge is 2.12. The number of esters is 1. The van der Waals surface area contributed by atoms with Gasteiger partial charge in [0, 0.05) is 13.0 Å². The van der Waals surface area contributed by atoms with Crippen molar-refractivity contribution < 1.29 is 23.7 Å². The number of hydrogen-bond acceptors (Lipinski definition) is 5. The minimum absolute atomic E-state index is 0.0965. The molecule has 0 N–H and O–H groups in total. The second-order valence-electron chi connectivity index (χ2n) is 7.79. The molecule has 28 heavy (non-hydrogen) atoms. The molecule has 5 heteroatoms. The van der Waals surface area contributed by atoms with E-state index in [1.807, 2.05) is 13.8 Å². The van der Waals surface area contributed by atoms with E-state index in [2.05, 4.69) is 13.8 Å². The molecule has 0 aliphatic carbocycles. The van der Waals surface area contributed by atoms with Gasteiger partial charge in [0.05, 0.1) is 39.1 Å². The van der Waals surface area contributed by atoms with Crippen LogP contribution in [0.2, 0.25) is 0 Å². The average Bonchev–Trinajstić information content (AvgIpc) is 2.67. The third kappa shape index (κ3) is 20.1. The lowest BCUT2D eigenvalue weighted by Crippen LogP contribution is -2.15. The molecule has 0 amide bonds. The summed E-state index contributed by atoms with van der Waals surface area (Å²) in [6, 6.07) is 0. The molecule has 5 nitrogen and oxygen atoms in total. The largest absolute Gasteiger partial charge is 0.465 e. The van der Waals surface area contributed by atoms with E-state index >= 15 is 0 Å². The highest BCUT2D eigenvalue weighted by molar-refractivity contribution is 5.69. The molecule has 168 valence electrons. The lowest BCUT2D eigenvalue weighted by Gasteiger charge is -2.16. The Morgan fingerprint density at radius 1 is 0.750 bits per heavy atom. The summed E-state index contributed by atoms with van der Waals surface area (Å²) in [6.45, 7) is 11.9. The van der Waals surface area contributed by atoms with Crippen molar-refractivity contribution in [2.75, 3.05) is 39.6 Å². The quantitative estimate of drug-likeness (QED) is 0.186. The first-order valence-electron chi connectivity index (χ1n) is 11.5. The summed E-state index contributed by atoms with van der Waals surface area (Å²) in [6.07, 6.45) is 11.2. The van der Waals surface area contributed by atoms with Crippen molar-refractivity contribution in [2.24, 2.45) is 5.92 Å². The highest BCUT2D eigenvalue weighted by atomic mass is 16.5. The van der Waals surface area contributed by atoms with Gasteiger partial charge in [0.2, 0.25) is 0 Å². The predicted molar refractivity (Wildman–Crippen MR) is 115 cm³/mol. The van der Waals surface area contributed by atoms with E-state index in [-0.39, 0.29) is 12.1 Å². The number of carbonyl (C=O) groups excluding carboxylic acids is 1. The van der Waals surface area contributed by atoms with Crippen LogP contribution in [0.4, 0.5) is 0 Å². The van der Waals surface area contributed by atoms with Crippen molar-refractivity contribution >= 4 is 5.97 Å². The van der Waals surface area contributed by atoms with Crippen molar-refractivity contribution in [3.8, 4) is 0 Å². The molecule has 0 fully saturated rings. The maximum Gasteiger partial charge on any atom is 0.305 e. The van der Waals surface area contributed by atoms with Gasteiger partial charge in [-0.2, -0.15) is 0 Å². The predicted octanol–water partition coefficient (Wildman–Crippen LogP) is 5.54. The Bertz CT molecular complexity index is 333. The van der Waals surface area contributed by atoms with Crippen LogP contribution in [0.15, 0.2) is 0 Å². The second-order valence-corrected chi connectivity index (χ2v) is 7.79. The first kappa shape index (κ1) is 27.4. The SMILES string of the molecule is CCCCCCC(CCCC)COC(=O)CCCOCCOCCOC(C)C. The summed E-state index contributed by atoms with van der Waals surface area (Å²) in [4.78, 5) is 11.9. The van der Waals surface area contributed by atoms with Crippen LogP contribution in [0.1, 0.15) is 91.9 Å². The van der Waals surface area contributed by atoms with E-state index in [1.54, 1.807) is 0 Å². The fourth-order valence-corrected chi connectivity index (χ4v) is 2.93. The van der Waals surface area contributed by atoms with Crippen molar-refractivity contribution in [3.63, 3.8) is 0 Å². The molecular weight excluding hydrogens is 356 g/mol. The lowest BCUT2D eigenvalue weighted by molar-refractivity contribution is -0.145. The Hall–Kier alpha value is -0.650. The molecule has 0 bridgehead atoms. The molecule has 0 spiro atoms. The third-order valence-electron chi connectivity index (χ3n) is 4.63. The highest BCUT2D eigenvalue weighted by Crippen LogP contribution is 2.18. The Morgan fingerprint density at radius 2 is 1.39 bits per heavy atom. The summed E-state index contributed by atoms with van der Waals surface area (Å²) in [5, 5.41) is 0. The molecule has 0 saturated heterocycles. The van der Waals surface area contributed by atoms with E-state index in [0.29, 0.717) is 58.4 Å². The molecule has 1 atom stereocenters. The zero-order valence-corrected chi connectivity index (χ0v) is 19.0. The van der Waals surface area contributed by atoms with Crippen LogP contribution < -0.4 is 0 Å². The van der Waals surface area contributed by atoms with Gasteiger partial charge in [-0.1, -0.05) is 52.4 Å². The molecule has 0 radical (unpaired) electrons. The van der Waals surface area contributed by atoms with E-state index in [0.717, 1.165) is 0 Å². The Labute approximate surface area is 173 Å². The molecule has 0 heterocycles. The first-order chi connectivity index (χ1) is 13.6. The van der Waals surface area contributed by atoms with Gasteiger partial charge >= 0.3 is 5.97 Å². The van der Waals surface area contributed by atoms with Gasteiger partial charge in [-0.3, -0.25) is 4.79 Å².